The lowest BCUT2D eigenvalue weighted by Crippen LogP contribution is -2.46. The SMILES string of the molecule is CC(C)CC(C(=O)O)N(CCc1ccccc1-c1cc(Cl)cc(Cl)c1)C(=O)O. The van der Waals surface area contributed by atoms with E-state index in [2.05, 4.69) is 0 Å². The van der Waals surface area contributed by atoms with Gasteiger partial charge in [0.25, 0.3) is 0 Å². The third kappa shape index (κ3) is 5.88. The third-order valence-corrected chi connectivity index (χ3v) is 4.85. The molecule has 0 fully saturated rings. The van der Waals surface area contributed by atoms with Crippen LogP contribution in [0.25, 0.3) is 11.1 Å². The molecule has 0 spiro atoms. The highest BCUT2D eigenvalue weighted by atomic mass is 35.5. The van der Waals surface area contributed by atoms with Crippen LogP contribution < -0.4 is 0 Å². The van der Waals surface area contributed by atoms with Crippen LogP contribution in [0.2, 0.25) is 10.0 Å². The Bertz CT molecular complexity index is 834. The van der Waals surface area contributed by atoms with Crippen molar-refractivity contribution in [3.8, 4) is 11.1 Å². The first-order chi connectivity index (χ1) is 13.2. The Labute approximate surface area is 174 Å². The Morgan fingerprint density at radius 1 is 1.04 bits per heavy atom. The normalized spacial score (nSPS) is 12.0. The largest absolute Gasteiger partial charge is 0.480 e. The molecule has 0 heterocycles. The summed E-state index contributed by atoms with van der Waals surface area (Å²) in [5.74, 6) is -1.07. The second-order valence-electron chi connectivity index (χ2n) is 7.02. The zero-order valence-corrected chi connectivity index (χ0v) is 17.2. The molecule has 7 heteroatoms. The van der Waals surface area contributed by atoms with Crippen molar-refractivity contribution in [2.24, 2.45) is 5.92 Å². The molecule has 5 nitrogen and oxygen atoms in total. The van der Waals surface area contributed by atoms with Crippen LogP contribution in [0.4, 0.5) is 4.79 Å². The molecule has 2 aromatic rings. The van der Waals surface area contributed by atoms with Gasteiger partial charge in [-0.3, -0.25) is 4.90 Å². The van der Waals surface area contributed by atoms with Crippen molar-refractivity contribution in [3.05, 3.63) is 58.1 Å². The van der Waals surface area contributed by atoms with Gasteiger partial charge in [-0.1, -0.05) is 61.3 Å². The van der Waals surface area contributed by atoms with Crippen molar-refractivity contribution >= 4 is 35.3 Å². The average Bonchev–Trinajstić information content (AvgIpc) is 2.59. The lowest BCUT2D eigenvalue weighted by molar-refractivity contribution is -0.143. The van der Waals surface area contributed by atoms with Crippen LogP contribution in [0.1, 0.15) is 25.8 Å². The molecule has 2 aromatic carbocycles. The molecule has 2 rings (SSSR count). The van der Waals surface area contributed by atoms with E-state index < -0.39 is 18.1 Å². The van der Waals surface area contributed by atoms with E-state index in [1.54, 1.807) is 18.2 Å². The van der Waals surface area contributed by atoms with E-state index in [0.717, 1.165) is 21.6 Å². The van der Waals surface area contributed by atoms with Crippen molar-refractivity contribution in [3.63, 3.8) is 0 Å². The summed E-state index contributed by atoms with van der Waals surface area (Å²) < 4.78 is 0. The summed E-state index contributed by atoms with van der Waals surface area (Å²) in [7, 11) is 0. The van der Waals surface area contributed by atoms with Gasteiger partial charge in [0, 0.05) is 16.6 Å². The number of rotatable bonds is 8. The summed E-state index contributed by atoms with van der Waals surface area (Å²) >= 11 is 12.2. The van der Waals surface area contributed by atoms with Crippen LogP contribution >= 0.6 is 23.2 Å². The van der Waals surface area contributed by atoms with Crippen molar-refractivity contribution in [1.82, 2.24) is 4.90 Å². The number of amides is 1. The fraction of sp³-hybridized carbons (Fsp3) is 0.333. The topological polar surface area (TPSA) is 77.8 Å². The quantitative estimate of drug-likeness (QED) is 0.571. The Morgan fingerprint density at radius 2 is 1.64 bits per heavy atom. The van der Waals surface area contributed by atoms with Gasteiger partial charge in [-0.15, -0.1) is 0 Å². The minimum atomic E-state index is -1.24. The van der Waals surface area contributed by atoms with Gasteiger partial charge >= 0.3 is 12.1 Å². The smallest absolute Gasteiger partial charge is 0.408 e. The molecule has 2 N–H and O–H groups in total. The highest BCUT2D eigenvalue weighted by Gasteiger charge is 2.30. The van der Waals surface area contributed by atoms with E-state index in [1.807, 2.05) is 38.1 Å². The van der Waals surface area contributed by atoms with E-state index in [4.69, 9.17) is 23.2 Å². The number of aliphatic carboxylic acids is 1. The fourth-order valence-corrected chi connectivity index (χ4v) is 3.69. The molecular formula is C21H23Cl2NO4. The van der Waals surface area contributed by atoms with Crippen molar-refractivity contribution in [1.29, 1.82) is 0 Å². The van der Waals surface area contributed by atoms with E-state index in [0.29, 0.717) is 16.5 Å². The summed E-state index contributed by atoms with van der Waals surface area (Å²) in [5, 5.41) is 20.1. The van der Waals surface area contributed by atoms with Gasteiger partial charge in [-0.25, -0.2) is 9.59 Å². The molecule has 1 unspecified atom stereocenters. The number of benzene rings is 2. The van der Waals surface area contributed by atoms with Gasteiger partial charge in [0.2, 0.25) is 0 Å². The molecule has 0 aliphatic heterocycles. The molecule has 1 amide bonds. The summed E-state index contributed by atoms with van der Waals surface area (Å²) in [6.07, 6.45) is -0.613. The molecule has 0 radical (unpaired) electrons. The van der Waals surface area contributed by atoms with Crippen LogP contribution in [0.3, 0.4) is 0 Å². The predicted octanol–water partition coefficient (Wildman–Crippen LogP) is 5.68. The number of halogens is 2. The first kappa shape index (κ1) is 22.1. The highest BCUT2D eigenvalue weighted by molar-refractivity contribution is 6.35. The zero-order valence-electron chi connectivity index (χ0n) is 15.7. The molecule has 0 saturated heterocycles. The van der Waals surface area contributed by atoms with Gasteiger partial charge < -0.3 is 10.2 Å². The van der Waals surface area contributed by atoms with Gasteiger partial charge in [-0.05, 0) is 53.6 Å². The molecule has 0 aromatic heterocycles. The number of carbonyl (C=O) groups is 2. The molecule has 0 aliphatic rings. The van der Waals surface area contributed by atoms with Crippen molar-refractivity contribution in [2.75, 3.05) is 6.54 Å². The minimum absolute atomic E-state index is 0.0591. The second-order valence-corrected chi connectivity index (χ2v) is 7.90. The van der Waals surface area contributed by atoms with E-state index in [-0.39, 0.29) is 18.9 Å². The lowest BCUT2D eigenvalue weighted by Gasteiger charge is -2.27. The highest BCUT2D eigenvalue weighted by Crippen LogP contribution is 2.30. The van der Waals surface area contributed by atoms with Gasteiger partial charge in [-0.2, -0.15) is 0 Å². The number of hydrogen-bond donors (Lipinski definition) is 2. The maximum absolute atomic E-state index is 11.7. The molecule has 1 atom stereocenters. The Balaban J connectivity index is 2.29. The van der Waals surface area contributed by atoms with Crippen LogP contribution in [0.5, 0.6) is 0 Å². The maximum atomic E-state index is 11.7. The standard InChI is InChI=1S/C21H23Cl2NO4/c1-13(2)9-19(20(25)26)24(21(27)28)8-7-14-5-3-4-6-18(14)15-10-16(22)12-17(23)11-15/h3-6,10-13,19H,7-9H2,1-2H3,(H,25,26)(H,27,28). The average molecular weight is 424 g/mol. The first-order valence-corrected chi connectivity index (χ1v) is 9.71. The fourth-order valence-electron chi connectivity index (χ4n) is 3.16. The minimum Gasteiger partial charge on any atom is -0.480 e. The zero-order chi connectivity index (χ0) is 20.8. The van der Waals surface area contributed by atoms with E-state index in [1.165, 1.54) is 0 Å². The van der Waals surface area contributed by atoms with Crippen LogP contribution in [0, 0.1) is 5.92 Å². The van der Waals surface area contributed by atoms with E-state index >= 15 is 0 Å². The summed E-state index contributed by atoms with van der Waals surface area (Å²) in [6, 6.07) is 11.7. The van der Waals surface area contributed by atoms with Crippen LogP contribution in [-0.4, -0.2) is 39.8 Å². The molecule has 28 heavy (non-hydrogen) atoms. The number of carboxylic acids is 1. The number of hydrogen-bond acceptors (Lipinski definition) is 2. The Hall–Kier alpha value is -2.24. The Morgan fingerprint density at radius 3 is 2.18 bits per heavy atom. The third-order valence-electron chi connectivity index (χ3n) is 4.41. The monoisotopic (exact) mass is 423 g/mol. The van der Waals surface area contributed by atoms with E-state index in [9.17, 15) is 19.8 Å². The van der Waals surface area contributed by atoms with Gasteiger partial charge in [0.05, 0.1) is 0 Å². The maximum Gasteiger partial charge on any atom is 0.408 e. The van der Waals surface area contributed by atoms with Crippen LogP contribution in [-0.2, 0) is 11.2 Å². The predicted molar refractivity (Wildman–Crippen MR) is 111 cm³/mol. The Kier molecular flexibility index (Phi) is 7.72. The van der Waals surface area contributed by atoms with Gasteiger partial charge in [0.1, 0.15) is 6.04 Å². The number of carboxylic acid groups (broad SMARTS) is 2. The summed E-state index contributed by atoms with van der Waals surface area (Å²) in [6.45, 7) is 3.81. The van der Waals surface area contributed by atoms with Crippen LogP contribution in [0.15, 0.2) is 42.5 Å². The summed E-state index contributed by atoms with van der Waals surface area (Å²) in [4.78, 5) is 24.3. The molecular weight excluding hydrogens is 401 g/mol. The molecule has 150 valence electrons. The van der Waals surface area contributed by atoms with Gasteiger partial charge in [0.15, 0.2) is 0 Å². The first-order valence-electron chi connectivity index (χ1n) is 8.95. The second kappa shape index (κ2) is 9.80. The number of nitrogens with zero attached hydrogens (tertiary/aromatic N) is 1. The lowest BCUT2D eigenvalue weighted by atomic mass is 9.97. The molecule has 0 aliphatic carbocycles. The van der Waals surface area contributed by atoms with Crippen molar-refractivity contribution in [2.45, 2.75) is 32.7 Å². The molecule has 0 saturated carbocycles. The summed E-state index contributed by atoms with van der Waals surface area (Å²) in [5.41, 5.74) is 2.60. The molecule has 0 bridgehead atoms. The van der Waals surface area contributed by atoms with Crippen molar-refractivity contribution < 1.29 is 19.8 Å².